The lowest BCUT2D eigenvalue weighted by molar-refractivity contribution is 0.244. The lowest BCUT2D eigenvalue weighted by atomic mass is 10.1. The third-order valence-corrected chi connectivity index (χ3v) is 6.04. The molecule has 7 heteroatoms. The molecule has 0 bridgehead atoms. The molecule has 4 rings (SSSR count). The van der Waals surface area contributed by atoms with E-state index in [-0.39, 0.29) is 12.1 Å². The number of aryl methyl sites for hydroxylation is 1. The van der Waals surface area contributed by atoms with E-state index in [0.717, 1.165) is 28.2 Å². The maximum absolute atomic E-state index is 12.4. The second-order valence-corrected chi connectivity index (χ2v) is 8.43. The van der Waals surface area contributed by atoms with Crippen LogP contribution < -0.4 is 10.6 Å². The number of carbonyl (C=O) groups excluding carboxylic acids is 1. The van der Waals surface area contributed by atoms with Gasteiger partial charge in [-0.05, 0) is 56.2 Å². The zero-order valence-electron chi connectivity index (χ0n) is 17.3. The topological polar surface area (TPSA) is 61.7 Å². The van der Waals surface area contributed by atoms with E-state index in [4.69, 9.17) is 4.98 Å². The van der Waals surface area contributed by atoms with E-state index in [1.54, 1.807) is 11.3 Å². The quantitative estimate of drug-likeness (QED) is 0.472. The highest BCUT2D eigenvalue weighted by Crippen LogP contribution is 2.23. The molecule has 6 nitrogen and oxygen atoms in total. The lowest BCUT2D eigenvalue weighted by Crippen LogP contribution is -2.36. The van der Waals surface area contributed by atoms with E-state index in [9.17, 15) is 4.79 Å². The van der Waals surface area contributed by atoms with Crippen molar-refractivity contribution in [1.29, 1.82) is 0 Å². The van der Waals surface area contributed by atoms with Crippen molar-refractivity contribution in [3.8, 4) is 11.3 Å². The average molecular weight is 420 g/mol. The highest BCUT2D eigenvalue weighted by atomic mass is 32.1. The molecule has 4 aromatic rings. The molecule has 3 aromatic heterocycles. The highest BCUT2D eigenvalue weighted by Gasteiger charge is 2.16. The number of hydrogen-bond donors (Lipinski definition) is 2. The van der Waals surface area contributed by atoms with Gasteiger partial charge in [-0.2, -0.15) is 0 Å². The van der Waals surface area contributed by atoms with Crippen molar-refractivity contribution in [1.82, 2.24) is 19.6 Å². The van der Waals surface area contributed by atoms with Crippen molar-refractivity contribution in [2.45, 2.75) is 13.0 Å². The Hall–Kier alpha value is -3.16. The molecule has 0 spiro atoms. The van der Waals surface area contributed by atoms with Crippen molar-refractivity contribution in [3.63, 3.8) is 0 Å². The number of fused-ring (bicyclic) bond motifs is 1. The summed E-state index contributed by atoms with van der Waals surface area (Å²) in [6, 6.07) is 15.9. The van der Waals surface area contributed by atoms with E-state index in [1.807, 2.05) is 67.3 Å². The zero-order valence-corrected chi connectivity index (χ0v) is 18.1. The number of amides is 2. The number of nitrogens with one attached hydrogen (secondary N) is 2. The van der Waals surface area contributed by atoms with Gasteiger partial charge >= 0.3 is 6.03 Å². The number of nitrogens with zero attached hydrogens (tertiary/aromatic N) is 3. The van der Waals surface area contributed by atoms with Crippen LogP contribution in [0, 0.1) is 6.92 Å². The first kappa shape index (κ1) is 20.1. The second kappa shape index (κ2) is 8.69. The maximum Gasteiger partial charge on any atom is 0.319 e. The molecule has 2 N–H and O–H groups in total. The number of anilines is 1. The van der Waals surface area contributed by atoms with Gasteiger partial charge < -0.3 is 19.9 Å². The molecule has 0 radical (unpaired) electrons. The number of aromatic nitrogens is 2. The first-order valence-electron chi connectivity index (χ1n) is 9.80. The molecule has 0 saturated heterocycles. The molecule has 0 aliphatic rings. The third kappa shape index (κ3) is 4.37. The van der Waals surface area contributed by atoms with Crippen LogP contribution in [0.25, 0.3) is 16.9 Å². The largest absolute Gasteiger partial charge is 0.336 e. The minimum atomic E-state index is -0.213. The summed E-state index contributed by atoms with van der Waals surface area (Å²) in [4.78, 5) is 20.4. The first-order valence-corrected chi connectivity index (χ1v) is 10.7. The fourth-order valence-electron chi connectivity index (χ4n) is 3.40. The second-order valence-electron chi connectivity index (χ2n) is 7.46. The number of benzene rings is 1. The van der Waals surface area contributed by atoms with E-state index in [1.165, 1.54) is 4.88 Å². The predicted octanol–water partition coefficient (Wildman–Crippen LogP) is 4.80. The van der Waals surface area contributed by atoms with Gasteiger partial charge in [0.05, 0.1) is 11.7 Å². The molecule has 30 heavy (non-hydrogen) atoms. The maximum atomic E-state index is 12.4. The van der Waals surface area contributed by atoms with Crippen LogP contribution in [0.4, 0.5) is 10.5 Å². The van der Waals surface area contributed by atoms with E-state index in [2.05, 4.69) is 40.0 Å². The van der Waals surface area contributed by atoms with Crippen molar-refractivity contribution in [2.24, 2.45) is 0 Å². The van der Waals surface area contributed by atoms with Gasteiger partial charge in [0.2, 0.25) is 0 Å². The molecule has 2 amide bonds. The number of carbonyl (C=O) groups is 1. The number of likely N-dealkylation sites (N-methyl/N-ethyl adjacent to an activating group) is 1. The van der Waals surface area contributed by atoms with Gasteiger partial charge in [-0.3, -0.25) is 0 Å². The Morgan fingerprint density at radius 2 is 1.97 bits per heavy atom. The van der Waals surface area contributed by atoms with Crippen molar-refractivity contribution in [3.05, 3.63) is 76.7 Å². The number of thiophene rings is 1. The van der Waals surface area contributed by atoms with Crippen LogP contribution >= 0.6 is 11.3 Å². The first-order chi connectivity index (χ1) is 14.5. The van der Waals surface area contributed by atoms with Crippen LogP contribution in [0.3, 0.4) is 0 Å². The Labute approximate surface area is 180 Å². The Bertz CT molecular complexity index is 1130. The van der Waals surface area contributed by atoms with Gasteiger partial charge in [0.15, 0.2) is 0 Å². The number of urea groups is 1. The predicted molar refractivity (Wildman–Crippen MR) is 123 cm³/mol. The van der Waals surface area contributed by atoms with Crippen LogP contribution in [0.2, 0.25) is 0 Å². The minimum Gasteiger partial charge on any atom is -0.336 e. The minimum absolute atomic E-state index is 0.150. The monoisotopic (exact) mass is 419 g/mol. The molecule has 154 valence electrons. The molecular formula is C23H25N5OS. The molecule has 0 fully saturated rings. The van der Waals surface area contributed by atoms with Crippen molar-refractivity contribution >= 4 is 28.7 Å². The Kier molecular flexibility index (Phi) is 5.83. The Balaban J connectivity index is 1.39. The molecular weight excluding hydrogens is 394 g/mol. The average Bonchev–Trinajstić information content (AvgIpc) is 3.39. The molecule has 0 unspecified atom stereocenters. The van der Waals surface area contributed by atoms with Gasteiger partial charge in [0.25, 0.3) is 0 Å². The van der Waals surface area contributed by atoms with Gasteiger partial charge in [-0.15, -0.1) is 11.3 Å². The van der Waals surface area contributed by atoms with Crippen LogP contribution in [-0.2, 0) is 0 Å². The van der Waals surface area contributed by atoms with Crippen molar-refractivity contribution < 1.29 is 4.79 Å². The van der Waals surface area contributed by atoms with Gasteiger partial charge in [-0.1, -0.05) is 24.3 Å². The van der Waals surface area contributed by atoms with Gasteiger partial charge in [0.1, 0.15) is 5.65 Å². The normalized spacial score (nSPS) is 12.3. The summed E-state index contributed by atoms with van der Waals surface area (Å²) in [7, 11) is 4.03. The Morgan fingerprint density at radius 1 is 1.17 bits per heavy atom. The zero-order chi connectivity index (χ0) is 21.1. The fourth-order valence-corrected chi connectivity index (χ4v) is 4.32. The number of rotatable bonds is 6. The van der Waals surface area contributed by atoms with E-state index in [0.29, 0.717) is 6.54 Å². The third-order valence-electron chi connectivity index (χ3n) is 5.07. The molecule has 0 aliphatic carbocycles. The summed E-state index contributed by atoms with van der Waals surface area (Å²) in [6.45, 7) is 2.59. The summed E-state index contributed by atoms with van der Waals surface area (Å²) >= 11 is 1.70. The standard InChI is InChI=1S/C23H25N5OS/c1-16-6-4-12-28-15-19(26-22(16)28)17-8-10-18(11-9-17)25-23(29)24-14-20(27(2)3)21-7-5-13-30-21/h4-13,15,20H,14H2,1-3H3,(H2,24,25,29)/t20-/m0/s1. The lowest BCUT2D eigenvalue weighted by Gasteiger charge is -2.23. The SMILES string of the molecule is Cc1cccn2cc(-c3ccc(NC(=O)NC[C@@H](c4cccs4)N(C)C)cc3)nc12. The smallest absolute Gasteiger partial charge is 0.319 e. The number of imidazole rings is 1. The molecule has 1 aromatic carbocycles. The van der Waals surface area contributed by atoms with Crippen LogP contribution in [-0.4, -0.2) is 41.0 Å². The van der Waals surface area contributed by atoms with Crippen molar-refractivity contribution in [2.75, 3.05) is 26.0 Å². The summed E-state index contributed by atoms with van der Waals surface area (Å²) in [5.74, 6) is 0. The van der Waals surface area contributed by atoms with Crippen LogP contribution in [0.15, 0.2) is 66.3 Å². The van der Waals surface area contributed by atoms with Gasteiger partial charge in [0, 0.05) is 35.1 Å². The fraction of sp³-hybridized carbons (Fsp3) is 0.217. The van der Waals surface area contributed by atoms with Crippen LogP contribution in [0.1, 0.15) is 16.5 Å². The van der Waals surface area contributed by atoms with E-state index >= 15 is 0 Å². The number of hydrogen-bond acceptors (Lipinski definition) is 4. The van der Waals surface area contributed by atoms with Crippen LogP contribution in [0.5, 0.6) is 0 Å². The summed E-state index contributed by atoms with van der Waals surface area (Å²) in [5.41, 5.74) is 4.75. The molecule has 0 saturated carbocycles. The molecule has 1 atom stereocenters. The van der Waals surface area contributed by atoms with E-state index < -0.39 is 0 Å². The highest BCUT2D eigenvalue weighted by molar-refractivity contribution is 7.10. The summed E-state index contributed by atoms with van der Waals surface area (Å²) in [6.07, 6.45) is 4.01. The summed E-state index contributed by atoms with van der Waals surface area (Å²) in [5, 5.41) is 7.93. The van der Waals surface area contributed by atoms with Gasteiger partial charge in [-0.25, -0.2) is 9.78 Å². The summed E-state index contributed by atoms with van der Waals surface area (Å²) < 4.78 is 2.03. The Morgan fingerprint density at radius 3 is 2.63 bits per heavy atom. The number of pyridine rings is 1. The molecule has 0 aliphatic heterocycles. The molecule has 3 heterocycles.